The van der Waals surface area contributed by atoms with Crippen LogP contribution in [0, 0.1) is 4.77 Å². The average Bonchev–Trinajstić information content (AvgIpc) is 3.35. The number of hydrogen-bond donors (Lipinski definition) is 2. The molecule has 0 atom stereocenters. The fraction of sp³-hybridized carbons (Fsp3) is 0. The van der Waals surface area contributed by atoms with Gasteiger partial charge in [0.1, 0.15) is 5.69 Å². The van der Waals surface area contributed by atoms with Crippen LogP contribution in [0.2, 0.25) is 0 Å². The van der Waals surface area contributed by atoms with Crippen LogP contribution in [0.3, 0.4) is 0 Å². The Balaban J connectivity index is 1.69. The first-order valence-electron chi connectivity index (χ1n) is 8.44. The van der Waals surface area contributed by atoms with E-state index in [0.717, 1.165) is 33.5 Å². The predicted octanol–water partition coefficient (Wildman–Crippen LogP) is 4.54. The summed E-state index contributed by atoms with van der Waals surface area (Å²) in [5.74, 6) is 0.672. The van der Waals surface area contributed by atoms with Gasteiger partial charge in [-0.1, -0.05) is 36.4 Å². The summed E-state index contributed by atoms with van der Waals surface area (Å²) >= 11 is 5.51. The van der Waals surface area contributed by atoms with Crippen molar-refractivity contribution < 1.29 is 0 Å². The zero-order valence-corrected chi connectivity index (χ0v) is 14.9. The van der Waals surface area contributed by atoms with Gasteiger partial charge in [-0.2, -0.15) is 10.2 Å². The van der Waals surface area contributed by atoms with Crippen LogP contribution < -0.4 is 0 Å². The van der Waals surface area contributed by atoms with E-state index in [1.54, 1.807) is 6.20 Å². The van der Waals surface area contributed by atoms with Gasteiger partial charge in [-0.3, -0.25) is 19.7 Å². The van der Waals surface area contributed by atoms with Gasteiger partial charge in [-0.25, -0.2) is 0 Å². The summed E-state index contributed by atoms with van der Waals surface area (Å²) in [7, 11) is 0. The number of rotatable bonds is 3. The van der Waals surface area contributed by atoms with Crippen molar-refractivity contribution in [2.75, 3.05) is 0 Å². The molecule has 27 heavy (non-hydrogen) atoms. The molecule has 5 aromatic rings. The van der Waals surface area contributed by atoms with Crippen LogP contribution >= 0.6 is 12.2 Å². The molecule has 0 spiro atoms. The number of H-pyrrole nitrogens is 2. The average molecular weight is 370 g/mol. The Kier molecular flexibility index (Phi) is 3.65. The molecular weight excluding hydrogens is 356 g/mol. The van der Waals surface area contributed by atoms with Gasteiger partial charge in [0.2, 0.25) is 0 Å². The number of aromatic amines is 2. The molecule has 0 radical (unpaired) electrons. The van der Waals surface area contributed by atoms with Crippen LogP contribution in [-0.2, 0) is 0 Å². The lowest BCUT2D eigenvalue weighted by atomic mass is 10.1. The van der Waals surface area contributed by atoms with E-state index in [4.69, 9.17) is 12.2 Å². The van der Waals surface area contributed by atoms with Gasteiger partial charge in [0.25, 0.3) is 0 Å². The van der Waals surface area contributed by atoms with E-state index in [0.29, 0.717) is 10.6 Å². The maximum atomic E-state index is 5.51. The molecule has 130 valence electrons. The van der Waals surface area contributed by atoms with Gasteiger partial charge in [-0.15, -0.1) is 0 Å². The number of nitrogens with zero attached hydrogens (tertiary/aromatic N) is 4. The van der Waals surface area contributed by atoms with E-state index < -0.39 is 0 Å². The Morgan fingerprint density at radius 2 is 1.74 bits per heavy atom. The first-order chi connectivity index (χ1) is 13.3. The molecule has 6 nitrogen and oxygen atoms in total. The maximum Gasteiger partial charge on any atom is 0.200 e. The monoisotopic (exact) mass is 370 g/mol. The van der Waals surface area contributed by atoms with E-state index in [2.05, 4.69) is 25.4 Å². The molecule has 0 aliphatic heterocycles. The van der Waals surface area contributed by atoms with Crippen LogP contribution in [-0.4, -0.2) is 29.9 Å². The third-order valence-corrected chi connectivity index (χ3v) is 4.70. The number of pyridine rings is 1. The molecule has 0 aliphatic carbocycles. The quantitative estimate of drug-likeness (QED) is 0.457. The highest BCUT2D eigenvalue weighted by atomic mass is 32.1. The summed E-state index contributed by atoms with van der Waals surface area (Å²) in [4.78, 5) is 4.43. The summed E-state index contributed by atoms with van der Waals surface area (Å²) in [6.45, 7) is 0. The zero-order valence-electron chi connectivity index (χ0n) is 14.1. The van der Waals surface area contributed by atoms with Crippen molar-refractivity contribution in [2.45, 2.75) is 0 Å². The molecule has 0 aliphatic rings. The Morgan fingerprint density at radius 3 is 2.63 bits per heavy atom. The second-order valence-corrected chi connectivity index (χ2v) is 6.45. The van der Waals surface area contributed by atoms with Crippen molar-refractivity contribution in [2.24, 2.45) is 0 Å². The second kappa shape index (κ2) is 6.30. The fourth-order valence-corrected chi connectivity index (χ4v) is 3.41. The van der Waals surface area contributed by atoms with Gasteiger partial charge in [-0.05, 0) is 42.5 Å². The van der Waals surface area contributed by atoms with E-state index in [1.165, 1.54) is 0 Å². The number of hydrogen-bond acceptors (Lipinski definition) is 4. The summed E-state index contributed by atoms with van der Waals surface area (Å²) in [5, 5.41) is 15.8. The number of aromatic nitrogens is 6. The van der Waals surface area contributed by atoms with Crippen LogP contribution in [0.25, 0.3) is 39.4 Å². The van der Waals surface area contributed by atoms with Crippen LogP contribution in [0.4, 0.5) is 0 Å². The molecule has 2 N–H and O–H groups in total. The number of benzene rings is 2. The minimum atomic E-state index is 0.511. The lowest BCUT2D eigenvalue weighted by Gasteiger charge is -2.08. The smallest absolute Gasteiger partial charge is 0.200 e. The largest absolute Gasteiger partial charge is 0.274 e. The van der Waals surface area contributed by atoms with E-state index >= 15 is 0 Å². The summed E-state index contributed by atoms with van der Waals surface area (Å²) < 4.78 is 2.42. The van der Waals surface area contributed by atoms with Crippen LogP contribution in [0.1, 0.15) is 0 Å². The van der Waals surface area contributed by atoms with Gasteiger partial charge in [0, 0.05) is 17.1 Å². The molecule has 7 heteroatoms. The minimum Gasteiger partial charge on any atom is -0.274 e. The summed E-state index contributed by atoms with van der Waals surface area (Å²) in [6.07, 6.45) is 1.78. The van der Waals surface area contributed by atoms with Gasteiger partial charge in [0.15, 0.2) is 10.6 Å². The Hall–Kier alpha value is -3.58. The molecule has 5 rings (SSSR count). The maximum absolute atomic E-state index is 5.51. The zero-order chi connectivity index (χ0) is 18.2. The van der Waals surface area contributed by atoms with Crippen molar-refractivity contribution in [1.82, 2.24) is 29.9 Å². The molecule has 0 bridgehead atoms. The molecule has 0 amide bonds. The molecule has 3 aromatic heterocycles. The van der Waals surface area contributed by atoms with Crippen molar-refractivity contribution >= 4 is 23.1 Å². The second-order valence-electron chi connectivity index (χ2n) is 6.07. The third kappa shape index (κ3) is 2.65. The SMILES string of the molecule is S=c1[nH]nc(-c2cc(-c3ccccc3)n[nH]2)n1-c1cccc2ncccc12. The third-order valence-electron chi connectivity index (χ3n) is 4.42. The van der Waals surface area contributed by atoms with E-state index in [-0.39, 0.29) is 0 Å². The molecule has 0 saturated heterocycles. The molecule has 0 saturated carbocycles. The summed E-state index contributed by atoms with van der Waals surface area (Å²) in [6, 6.07) is 21.9. The molecule has 0 unspecified atom stereocenters. The van der Waals surface area contributed by atoms with Gasteiger partial charge < -0.3 is 0 Å². The van der Waals surface area contributed by atoms with Crippen LogP contribution in [0.5, 0.6) is 0 Å². The first-order valence-corrected chi connectivity index (χ1v) is 8.85. The lowest BCUT2D eigenvalue weighted by Crippen LogP contribution is -1.99. The Labute approximate surface area is 159 Å². The topological polar surface area (TPSA) is 75.2 Å². The highest BCUT2D eigenvalue weighted by Crippen LogP contribution is 2.27. The van der Waals surface area contributed by atoms with Crippen molar-refractivity contribution in [3.8, 4) is 28.5 Å². The molecule has 2 aromatic carbocycles. The highest BCUT2D eigenvalue weighted by molar-refractivity contribution is 7.71. The molecule has 3 heterocycles. The van der Waals surface area contributed by atoms with Crippen molar-refractivity contribution in [3.05, 3.63) is 77.7 Å². The first kappa shape index (κ1) is 15.7. The standard InChI is InChI=1S/C20H14N6S/c27-20-25-24-19(17-12-16(22-23-17)13-6-2-1-3-7-13)26(20)18-10-4-9-15-14(18)8-5-11-21-15/h1-12H,(H,22,23)(H,25,27). The minimum absolute atomic E-state index is 0.511. The van der Waals surface area contributed by atoms with Crippen molar-refractivity contribution in [3.63, 3.8) is 0 Å². The van der Waals surface area contributed by atoms with E-state index in [1.807, 2.05) is 71.3 Å². The fourth-order valence-electron chi connectivity index (χ4n) is 3.18. The van der Waals surface area contributed by atoms with E-state index in [9.17, 15) is 0 Å². The Bertz CT molecular complexity index is 1290. The molecular formula is C20H14N6S. The number of nitrogens with one attached hydrogen (secondary N) is 2. The van der Waals surface area contributed by atoms with Gasteiger partial charge >= 0.3 is 0 Å². The lowest BCUT2D eigenvalue weighted by molar-refractivity contribution is 1.02. The Morgan fingerprint density at radius 1 is 0.852 bits per heavy atom. The van der Waals surface area contributed by atoms with Crippen LogP contribution in [0.15, 0.2) is 72.9 Å². The molecule has 0 fully saturated rings. The predicted molar refractivity (Wildman–Crippen MR) is 107 cm³/mol. The summed E-state index contributed by atoms with van der Waals surface area (Å²) in [5.41, 5.74) is 4.49. The highest BCUT2D eigenvalue weighted by Gasteiger charge is 2.16. The van der Waals surface area contributed by atoms with Crippen molar-refractivity contribution in [1.29, 1.82) is 0 Å². The number of fused-ring (bicyclic) bond motifs is 1. The normalized spacial score (nSPS) is 11.1. The van der Waals surface area contributed by atoms with Gasteiger partial charge in [0.05, 0.1) is 16.9 Å².